The Kier molecular flexibility index (Phi) is 6.43. The summed E-state index contributed by atoms with van der Waals surface area (Å²) in [5.74, 6) is -0.0194. The van der Waals surface area contributed by atoms with Gasteiger partial charge >= 0.3 is 0 Å². The smallest absolute Gasteiger partial charge is 0.271 e. The third kappa shape index (κ3) is 5.23. The van der Waals surface area contributed by atoms with E-state index in [0.717, 1.165) is 4.47 Å². The average Bonchev–Trinajstić information content (AvgIpc) is 2.56. The van der Waals surface area contributed by atoms with Crippen LogP contribution in [0.2, 0.25) is 0 Å². The molecule has 2 N–H and O–H groups in total. The van der Waals surface area contributed by atoms with Gasteiger partial charge in [0.05, 0.1) is 17.1 Å². The van der Waals surface area contributed by atoms with Gasteiger partial charge in [-0.05, 0) is 43.4 Å². The molecular formula is C16H14BrN3O4S. The Morgan fingerprint density at radius 3 is 2.76 bits per heavy atom. The normalized spacial score (nSPS) is 10.0. The van der Waals surface area contributed by atoms with E-state index in [1.807, 2.05) is 6.92 Å². The number of hydrogen-bond acceptors (Lipinski definition) is 5. The Bertz CT molecular complexity index is 829. The number of anilines is 1. The Balaban J connectivity index is 2.10. The van der Waals surface area contributed by atoms with Crippen LogP contribution in [0.15, 0.2) is 46.9 Å². The number of benzene rings is 2. The van der Waals surface area contributed by atoms with Crippen molar-refractivity contribution in [2.75, 3.05) is 11.9 Å². The number of amides is 1. The third-order valence-electron chi connectivity index (χ3n) is 3.03. The fraction of sp³-hybridized carbons (Fsp3) is 0.125. The summed E-state index contributed by atoms with van der Waals surface area (Å²) in [6, 6.07) is 10.9. The third-order valence-corrected chi connectivity index (χ3v) is 3.73. The molecule has 2 aromatic rings. The van der Waals surface area contributed by atoms with E-state index in [9.17, 15) is 14.9 Å². The second-order valence-corrected chi connectivity index (χ2v) is 6.11. The molecule has 0 bridgehead atoms. The largest absolute Gasteiger partial charge is 0.493 e. The van der Waals surface area contributed by atoms with Crippen LogP contribution in [0.4, 0.5) is 11.4 Å². The van der Waals surface area contributed by atoms with Crippen LogP contribution in [0.5, 0.6) is 5.75 Å². The predicted molar refractivity (Wildman–Crippen MR) is 102 cm³/mol. The van der Waals surface area contributed by atoms with E-state index in [2.05, 4.69) is 26.6 Å². The molecule has 25 heavy (non-hydrogen) atoms. The first-order valence-corrected chi connectivity index (χ1v) is 8.40. The maximum Gasteiger partial charge on any atom is 0.271 e. The quantitative estimate of drug-likeness (QED) is 0.430. The number of nitro groups is 1. The lowest BCUT2D eigenvalue weighted by Crippen LogP contribution is -2.34. The van der Waals surface area contributed by atoms with Crippen molar-refractivity contribution in [2.45, 2.75) is 6.92 Å². The Hall–Kier alpha value is -2.52. The molecule has 0 fully saturated rings. The summed E-state index contributed by atoms with van der Waals surface area (Å²) in [5, 5.41) is 16.1. The summed E-state index contributed by atoms with van der Waals surface area (Å²) in [4.78, 5) is 22.7. The minimum Gasteiger partial charge on any atom is -0.493 e. The van der Waals surface area contributed by atoms with Crippen LogP contribution in [0.3, 0.4) is 0 Å². The highest BCUT2D eigenvalue weighted by molar-refractivity contribution is 9.10. The highest BCUT2D eigenvalue weighted by Gasteiger charge is 2.15. The summed E-state index contributed by atoms with van der Waals surface area (Å²) in [7, 11) is 0. The fourth-order valence-electron chi connectivity index (χ4n) is 1.99. The van der Waals surface area contributed by atoms with Crippen LogP contribution in [0.1, 0.15) is 17.3 Å². The van der Waals surface area contributed by atoms with Gasteiger partial charge < -0.3 is 10.1 Å². The molecule has 130 valence electrons. The number of hydrogen-bond donors (Lipinski definition) is 2. The number of rotatable bonds is 5. The van der Waals surface area contributed by atoms with Gasteiger partial charge in [-0.25, -0.2) is 0 Å². The highest BCUT2D eigenvalue weighted by atomic mass is 79.9. The molecule has 0 spiro atoms. The molecule has 0 saturated heterocycles. The van der Waals surface area contributed by atoms with Crippen LogP contribution in [-0.2, 0) is 0 Å². The summed E-state index contributed by atoms with van der Waals surface area (Å²) < 4.78 is 6.16. The molecule has 0 atom stereocenters. The number of carbonyl (C=O) groups is 1. The van der Waals surface area contributed by atoms with Crippen molar-refractivity contribution in [2.24, 2.45) is 0 Å². The summed E-state index contributed by atoms with van der Waals surface area (Å²) in [5.41, 5.74) is 0.642. The molecule has 1 amide bonds. The number of nitrogens with one attached hydrogen (secondary N) is 2. The van der Waals surface area contributed by atoms with Crippen molar-refractivity contribution in [3.63, 3.8) is 0 Å². The average molecular weight is 424 g/mol. The van der Waals surface area contributed by atoms with Crippen LogP contribution in [0, 0.1) is 10.1 Å². The Labute approximate surface area is 157 Å². The number of non-ortho nitro benzene ring substituents is 1. The SMILES string of the molecule is CCOc1ccc(Br)cc1C(=O)NC(=S)Nc1cccc([N+](=O)[O-])c1. The zero-order chi connectivity index (χ0) is 18.4. The molecule has 0 heterocycles. The lowest BCUT2D eigenvalue weighted by molar-refractivity contribution is -0.384. The van der Waals surface area contributed by atoms with Crippen LogP contribution < -0.4 is 15.4 Å². The molecule has 0 saturated carbocycles. The van der Waals surface area contributed by atoms with Crippen molar-refractivity contribution in [3.8, 4) is 5.75 Å². The molecule has 0 unspecified atom stereocenters. The van der Waals surface area contributed by atoms with Crippen molar-refractivity contribution >= 4 is 50.5 Å². The highest BCUT2D eigenvalue weighted by Crippen LogP contribution is 2.23. The van der Waals surface area contributed by atoms with E-state index in [1.54, 1.807) is 24.3 Å². The summed E-state index contributed by atoms with van der Waals surface area (Å²) >= 11 is 8.41. The zero-order valence-corrected chi connectivity index (χ0v) is 15.5. The maximum absolute atomic E-state index is 12.4. The van der Waals surface area contributed by atoms with Gasteiger partial charge in [-0.15, -0.1) is 0 Å². The van der Waals surface area contributed by atoms with Gasteiger partial charge in [0, 0.05) is 22.3 Å². The number of nitro benzene ring substituents is 1. The van der Waals surface area contributed by atoms with Crippen molar-refractivity contribution in [1.82, 2.24) is 5.32 Å². The Morgan fingerprint density at radius 2 is 2.08 bits per heavy atom. The lowest BCUT2D eigenvalue weighted by Gasteiger charge is -2.12. The molecule has 9 heteroatoms. The molecule has 0 aliphatic rings. The minimum atomic E-state index is -0.511. The summed E-state index contributed by atoms with van der Waals surface area (Å²) in [6.45, 7) is 2.23. The van der Waals surface area contributed by atoms with Gasteiger partial charge in [0.15, 0.2) is 5.11 Å². The van der Waals surface area contributed by atoms with E-state index in [-0.39, 0.29) is 10.8 Å². The van der Waals surface area contributed by atoms with Gasteiger partial charge in [-0.1, -0.05) is 22.0 Å². The van der Waals surface area contributed by atoms with E-state index in [0.29, 0.717) is 23.6 Å². The minimum absolute atomic E-state index is 0.0212. The van der Waals surface area contributed by atoms with Crippen LogP contribution >= 0.6 is 28.1 Å². The molecule has 0 radical (unpaired) electrons. The first kappa shape index (κ1) is 18.8. The van der Waals surface area contributed by atoms with Gasteiger partial charge in [0.1, 0.15) is 5.75 Å². The van der Waals surface area contributed by atoms with Crippen LogP contribution in [-0.4, -0.2) is 22.5 Å². The van der Waals surface area contributed by atoms with Crippen molar-refractivity contribution < 1.29 is 14.5 Å². The number of carbonyl (C=O) groups excluding carboxylic acids is 1. The first-order valence-electron chi connectivity index (χ1n) is 7.20. The van der Waals surface area contributed by atoms with E-state index in [4.69, 9.17) is 17.0 Å². The van der Waals surface area contributed by atoms with Gasteiger partial charge in [0.2, 0.25) is 0 Å². The van der Waals surface area contributed by atoms with E-state index >= 15 is 0 Å². The van der Waals surface area contributed by atoms with E-state index in [1.165, 1.54) is 18.2 Å². The first-order chi connectivity index (χ1) is 11.9. The fourth-order valence-corrected chi connectivity index (χ4v) is 2.56. The molecular weight excluding hydrogens is 410 g/mol. The van der Waals surface area contributed by atoms with Crippen molar-refractivity contribution in [3.05, 3.63) is 62.6 Å². The summed E-state index contributed by atoms with van der Waals surface area (Å²) in [6.07, 6.45) is 0. The standard InChI is InChI=1S/C16H14BrN3O4S/c1-2-24-14-7-6-10(17)8-13(14)15(21)19-16(25)18-11-4-3-5-12(9-11)20(22)23/h3-9H,2H2,1H3,(H2,18,19,21,25). The second kappa shape index (κ2) is 8.54. The zero-order valence-electron chi connectivity index (χ0n) is 13.1. The molecule has 2 aromatic carbocycles. The molecule has 0 aromatic heterocycles. The topological polar surface area (TPSA) is 93.5 Å². The molecule has 0 aliphatic heterocycles. The van der Waals surface area contributed by atoms with Gasteiger partial charge in [0.25, 0.3) is 11.6 Å². The van der Waals surface area contributed by atoms with Crippen LogP contribution in [0.25, 0.3) is 0 Å². The van der Waals surface area contributed by atoms with E-state index < -0.39 is 10.8 Å². The second-order valence-electron chi connectivity index (χ2n) is 4.79. The number of nitrogens with zero attached hydrogens (tertiary/aromatic N) is 1. The van der Waals surface area contributed by atoms with Gasteiger partial charge in [-0.3, -0.25) is 20.2 Å². The molecule has 2 rings (SSSR count). The monoisotopic (exact) mass is 423 g/mol. The Morgan fingerprint density at radius 1 is 1.32 bits per heavy atom. The molecule has 0 aliphatic carbocycles. The molecule has 7 nitrogen and oxygen atoms in total. The predicted octanol–water partition coefficient (Wildman–Crippen LogP) is 3.88. The van der Waals surface area contributed by atoms with Crippen molar-refractivity contribution in [1.29, 1.82) is 0 Å². The number of ether oxygens (including phenoxy) is 1. The number of thiocarbonyl (C=S) groups is 1. The maximum atomic E-state index is 12.4. The number of halogens is 1. The lowest BCUT2D eigenvalue weighted by atomic mass is 10.2. The van der Waals surface area contributed by atoms with Gasteiger partial charge in [-0.2, -0.15) is 0 Å².